The number of halogens is 3. The lowest BCUT2D eigenvalue weighted by atomic mass is 10.3. The second-order valence-corrected chi connectivity index (χ2v) is 7.54. The van der Waals surface area contributed by atoms with E-state index in [9.17, 15) is 8.42 Å². The predicted molar refractivity (Wildman–Crippen MR) is 89.7 cm³/mol. The lowest BCUT2D eigenvalue weighted by Crippen LogP contribution is -2.15. The maximum atomic E-state index is 12.6. The summed E-state index contributed by atoms with van der Waals surface area (Å²) in [6.45, 7) is 6.08. The fraction of sp³-hybridized carbons (Fsp3) is 0.308. The first kappa shape index (κ1) is 17.4. The zero-order valence-corrected chi connectivity index (χ0v) is 15.2. The van der Waals surface area contributed by atoms with E-state index in [2.05, 4.69) is 9.82 Å². The zero-order valence-electron chi connectivity index (χ0n) is 12.1. The van der Waals surface area contributed by atoms with Crippen LogP contribution in [-0.2, 0) is 16.6 Å². The molecule has 0 bridgehead atoms. The van der Waals surface area contributed by atoms with Crippen LogP contribution in [0.25, 0.3) is 0 Å². The summed E-state index contributed by atoms with van der Waals surface area (Å²) in [6.07, 6.45) is 0. The Bertz CT molecular complexity index is 832. The molecule has 2 aromatic rings. The van der Waals surface area contributed by atoms with Crippen molar-refractivity contribution in [3.8, 4) is 0 Å². The molecule has 5 nitrogen and oxygen atoms in total. The van der Waals surface area contributed by atoms with Gasteiger partial charge in [0, 0.05) is 6.54 Å². The van der Waals surface area contributed by atoms with Crippen LogP contribution >= 0.6 is 34.8 Å². The first-order chi connectivity index (χ1) is 10.2. The minimum atomic E-state index is -3.90. The fourth-order valence-electron chi connectivity index (χ4n) is 2.05. The van der Waals surface area contributed by atoms with Crippen molar-refractivity contribution in [3.05, 3.63) is 38.6 Å². The highest BCUT2D eigenvalue weighted by molar-refractivity contribution is 7.92. The van der Waals surface area contributed by atoms with Gasteiger partial charge in [0.15, 0.2) is 0 Å². The zero-order chi connectivity index (χ0) is 16.7. The first-order valence-corrected chi connectivity index (χ1v) is 9.00. The highest BCUT2D eigenvalue weighted by Crippen LogP contribution is 2.33. The lowest BCUT2D eigenvalue weighted by Gasteiger charge is -2.11. The molecule has 1 aromatic heterocycles. The second-order valence-electron chi connectivity index (χ2n) is 4.66. The Morgan fingerprint density at radius 1 is 1.14 bits per heavy atom. The third-order valence-corrected chi connectivity index (χ3v) is 5.72. The largest absolute Gasteiger partial charge is 0.276 e. The monoisotopic (exact) mass is 381 g/mol. The fourth-order valence-corrected chi connectivity index (χ4v) is 4.23. The van der Waals surface area contributed by atoms with Crippen LogP contribution in [0.1, 0.15) is 18.3 Å². The topological polar surface area (TPSA) is 64.0 Å². The van der Waals surface area contributed by atoms with Crippen LogP contribution in [0.15, 0.2) is 17.0 Å². The van der Waals surface area contributed by atoms with E-state index in [0.717, 1.165) is 5.69 Å². The highest BCUT2D eigenvalue weighted by atomic mass is 35.5. The number of nitrogens with zero attached hydrogens (tertiary/aromatic N) is 2. The third kappa shape index (κ3) is 3.20. The van der Waals surface area contributed by atoms with E-state index in [1.165, 1.54) is 12.1 Å². The van der Waals surface area contributed by atoms with Gasteiger partial charge in [0.2, 0.25) is 0 Å². The first-order valence-electron chi connectivity index (χ1n) is 6.38. The van der Waals surface area contributed by atoms with E-state index in [0.29, 0.717) is 17.9 Å². The summed E-state index contributed by atoms with van der Waals surface area (Å²) in [5.74, 6) is 0. The average Bonchev–Trinajstić information content (AvgIpc) is 2.69. The summed E-state index contributed by atoms with van der Waals surface area (Å²) in [5.41, 5.74) is 1.74. The van der Waals surface area contributed by atoms with Gasteiger partial charge in [-0.3, -0.25) is 9.40 Å². The highest BCUT2D eigenvalue weighted by Gasteiger charge is 2.23. The number of rotatable bonds is 4. The van der Waals surface area contributed by atoms with Crippen molar-refractivity contribution < 1.29 is 8.42 Å². The number of anilines is 1. The van der Waals surface area contributed by atoms with Crippen molar-refractivity contribution in [3.63, 3.8) is 0 Å². The Hall–Kier alpha value is -0.950. The molecule has 0 spiro atoms. The molecule has 0 radical (unpaired) electrons. The Balaban J connectivity index is 2.49. The molecule has 0 fully saturated rings. The minimum absolute atomic E-state index is 0.0000829. The van der Waals surface area contributed by atoms with E-state index < -0.39 is 10.0 Å². The van der Waals surface area contributed by atoms with Crippen LogP contribution in [0.5, 0.6) is 0 Å². The van der Waals surface area contributed by atoms with Crippen LogP contribution < -0.4 is 4.72 Å². The van der Waals surface area contributed by atoms with Crippen molar-refractivity contribution in [2.75, 3.05) is 4.72 Å². The molecule has 120 valence electrons. The molecule has 0 aliphatic heterocycles. The van der Waals surface area contributed by atoms with Crippen molar-refractivity contribution in [2.24, 2.45) is 0 Å². The molecule has 0 aliphatic carbocycles. The summed E-state index contributed by atoms with van der Waals surface area (Å²) in [6, 6.07) is 2.53. The number of hydrogen-bond donors (Lipinski definition) is 1. The van der Waals surface area contributed by atoms with Gasteiger partial charge in [0.25, 0.3) is 10.0 Å². The predicted octanol–water partition coefficient (Wildman–Crippen LogP) is 4.28. The molecule has 1 heterocycles. The van der Waals surface area contributed by atoms with Crippen molar-refractivity contribution >= 4 is 50.5 Å². The van der Waals surface area contributed by atoms with Gasteiger partial charge in [-0.1, -0.05) is 34.8 Å². The van der Waals surface area contributed by atoms with Gasteiger partial charge in [-0.05, 0) is 32.9 Å². The molecule has 0 saturated heterocycles. The van der Waals surface area contributed by atoms with E-state index in [1.54, 1.807) is 18.5 Å². The standard InChI is InChI=1S/C13H14Cl3N3O2S/c1-4-19-8(3)13(7(2)17-19)18-22(20,21)12-6-10(15)9(14)5-11(12)16/h5-6,18H,4H2,1-3H3. The van der Waals surface area contributed by atoms with Gasteiger partial charge < -0.3 is 0 Å². The van der Waals surface area contributed by atoms with Crippen molar-refractivity contribution in [1.29, 1.82) is 0 Å². The third-order valence-electron chi connectivity index (χ3n) is 3.18. The maximum absolute atomic E-state index is 12.6. The molecule has 0 amide bonds. The van der Waals surface area contributed by atoms with Crippen LogP contribution in [0.2, 0.25) is 15.1 Å². The van der Waals surface area contributed by atoms with Crippen LogP contribution in [0.3, 0.4) is 0 Å². The smallest absolute Gasteiger partial charge is 0.263 e. The molecule has 22 heavy (non-hydrogen) atoms. The van der Waals surface area contributed by atoms with Gasteiger partial charge in [0.05, 0.1) is 32.1 Å². The molecular formula is C13H14Cl3N3O2S. The number of hydrogen-bond acceptors (Lipinski definition) is 3. The molecule has 1 aromatic carbocycles. The molecule has 0 saturated carbocycles. The molecule has 9 heteroatoms. The SMILES string of the molecule is CCn1nc(C)c(NS(=O)(=O)c2cc(Cl)c(Cl)cc2Cl)c1C. The average molecular weight is 383 g/mol. The normalized spacial score (nSPS) is 11.7. The quantitative estimate of drug-likeness (QED) is 0.803. The van der Waals surface area contributed by atoms with Crippen molar-refractivity contribution in [1.82, 2.24) is 9.78 Å². The molecule has 0 unspecified atom stereocenters. The number of nitrogens with one attached hydrogen (secondary N) is 1. The molecular weight excluding hydrogens is 369 g/mol. The number of sulfonamides is 1. The maximum Gasteiger partial charge on any atom is 0.263 e. The summed E-state index contributed by atoms with van der Waals surface area (Å²) >= 11 is 17.7. The summed E-state index contributed by atoms with van der Waals surface area (Å²) < 4.78 is 29.3. The summed E-state index contributed by atoms with van der Waals surface area (Å²) in [5, 5.41) is 4.58. The molecule has 1 N–H and O–H groups in total. The van der Waals surface area contributed by atoms with E-state index >= 15 is 0 Å². The Kier molecular flexibility index (Phi) is 4.96. The Morgan fingerprint density at radius 2 is 1.73 bits per heavy atom. The van der Waals surface area contributed by atoms with Gasteiger partial charge >= 0.3 is 0 Å². The Labute approximate surface area is 144 Å². The summed E-state index contributed by atoms with van der Waals surface area (Å²) in [7, 11) is -3.90. The molecule has 0 aliphatic rings. The minimum Gasteiger partial charge on any atom is -0.276 e. The van der Waals surface area contributed by atoms with Gasteiger partial charge in [0.1, 0.15) is 4.90 Å². The lowest BCUT2D eigenvalue weighted by molar-refractivity contribution is 0.601. The number of aryl methyl sites for hydroxylation is 2. The van der Waals surface area contributed by atoms with E-state index in [1.807, 2.05) is 6.92 Å². The van der Waals surface area contributed by atoms with E-state index in [4.69, 9.17) is 34.8 Å². The van der Waals surface area contributed by atoms with E-state index in [-0.39, 0.29) is 20.0 Å². The van der Waals surface area contributed by atoms with Gasteiger partial charge in [-0.15, -0.1) is 0 Å². The molecule has 0 atom stereocenters. The van der Waals surface area contributed by atoms with Crippen molar-refractivity contribution in [2.45, 2.75) is 32.2 Å². The number of aromatic nitrogens is 2. The molecule has 2 rings (SSSR count). The summed E-state index contributed by atoms with van der Waals surface area (Å²) in [4.78, 5) is -0.133. The second kappa shape index (κ2) is 6.28. The van der Waals surface area contributed by atoms with Gasteiger partial charge in [-0.2, -0.15) is 5.10 Å². The van der Waals surface area contributed by atoms with Crippen LogP contribution in [0, 0.1) is 13.8 Å². The van der Waals surface area contributed by atoms with Crippen LogP contribution in [0.4, 0.5) is 5.69 Å². The van der Waals surface area contributed by atoms with Gasteiger partial charge in [-0.25, -0.2) is 8.42 Å². The van der Waals surface area contributed by atoms with Crippen LogP contribution in [-0.4, -0.2) is 18.2 Å². The number of benzene rings is 1. The Morgan fingerprint density at radius 3 is 2.27 bits per heavy atom.